The first kappa shape index (κ1) is 16.5. The number of halogens is 1. The molecule has 1 aromatic carbocycles. The summed E-state index contributed by atoms with van der Waals surface area (Å²) in [6.45, 7) is 4.16. The van der Waals surface area contributed by atoms with Crippen molar-refractivity contribution in [2.75, 3.05) is 6.54 Å². The van der Waals surface area contributed by atoms with Gasteiger partial charge in [-0.1, -0.05) is 26.7 Å². The van der Waals surface area contributed by atoms with Crippen molar-refractivity contribution in [3.63, 3.8) is 0 Å². The van der Waals surface area contributed by atoms with Gasteiger partial charge in [-0.25, -0.2) is 13.1 Å². The van der Waals surface area contributed by atoms with Gasteiger partial charge in [0, 0.05) is 18.7 Å². The SMILES string of the molecule is CCC(CC)CNS(=O)(=O)c1ccc([N+](=O)[O-])c(F)c1. The molecule has 6 nitrogen and oxygen atoms in total. The van der Waals surface area contributed by atoms with Crippen LogP contribution in [0.3, 0.4) is 0 Å². The van der Waals surface area contributed by atoms with Crippen LogP contribution in [0.4, 0.5) is 10.1 Å². The van der Waals surface area contributed by atoms with E-state index in [1.807, 2.05) is 13.8 Å². The van der Waals surface area contributed by atoms with Gasteiger partial charge < -0.3 is 0 Å². The lowest BCUT2D eigenvalue weighted by Gasteiger charge is -2.13. The van der Waals surface area contributed by atoms with E-state index in [4.69, 9.17) is 0 Å². The highest BCUT2D eigenvalue weighted by Crippen LogP contribution is 2.20. The van der Waals surface area contributed by atoms with Gasteiger partial charge in [-0.2, -0.15) is 4.39 Å². The zero-order valence-electron chi connectivity index (χ0n) is 11.3. The van der Waals surface area contributed by atoms with Crippen molar-refractivity contribution in [3.8, 4) is 0 Å². The Balaban J connectivity index is 2.93. The molecule has 0 saturated heterocycles. The molecule has 0 amide bonds. The number of sulfonamides is 1. The van der Waals surface area contributed by atoms with E-state index in [1.165, 1.54) is 0 Å². The summed E-state index contributed by atoms with van der Waals surface area (Å²) in [6.07, 6.45) is 1.65. The van der Waals surface area contributed by atoms with Crippen LogP contribution in [0.2, 0.25) is 0 Å². The Morgan fingerprint density at radius 3 is 2.40 bits per heavy atom. The van der Waals surface area contributed by atoms with Crippen LogP contribution in [0.25, 0.3) is 0 Å². The Kier molecular flexibility index (Phi) is 5.58. The van der Waals surface area contributed by atoms with Crippen LogP contribution in [0.1, 0.15) is 26.7 Å². The highest BCUT2D eigenvalue weighted by molar-refractivity contribution is 7.89. The van der Waals surface area contributed by atoms with Crippen molar-refractivity contribution >= 4 is 15.7 Å². The Bertz CT molecular complexity index is 585. The van der Waals surface area contributed by atoms with Crippen molar-refractivity contribution in [1.82, 2.24) is 4.72 Å². The summed E-state index contributed by atoms with van der Waals surface area (Å²) in [5, 5.41) is 10.5. The van der Waals surface area contributed by atoms with E-state index in [0.717, 1.165) is 25.0 Å². The van der Waals surface area contributed by atoms with Crippen molar-refractivity contribution in [2.24, 2.45) is 5.92 Å². The second kappa shape index (κ2) is 6.76. The fraction of sp³-hybridized carbons (Fsp3) is 0.500. The standard InChI is InChI=1S/C12H17FN2O4S/c1-3-9(4-2)8-14-20(18,19)10-5-6-12(15(16)17)11(13)7-10/h5-7,9,14H,3-4,8H2,1-2H3. The van der Waals surface area contributed by atoms with Crippen LogP contribution >= 0.6 is 0 Å². The average molecular weight is 304 g/mol. The predicted octanol–water partition coefficient (Wildman–Crippen LogP) is 2.45. The third kappa shape index (κ3) is 3.97. The highest BCUT2D eigenvalue weighted by Gasteiger charge is 2.21. The summed E-state index contributed by atoms with van der Waals surface area (Å²) >= 11 is 0. The van der Waals surface area contributed by atoms with Crippen LogP contribution in [-0.2, 0) is 10.0 Å². The van der Waals surface area contributed by atoms with Crippen molar-refractivity contribution in [3.05, 3.63) is 34.1 Å². The lowest BCUT2D eigenvalue weighted by atomic mass is 10.0. The summed E-state index contributed by atoms with van der Waals surface area (Å²) in [7, 11) is -3.85. The van der Waals surface area contributed by atoms with Gasteiger partial charge in [-0.3, -0.25) is 10.1 Å². The molecule has 20 heavy (non-hydrogen) atoms. The maximum Gasteiger partial charge on any atom is 0.304 e. The third-order valence-corrected chi connectivity index (χ3v) is 4.56. The summed E-state index contributed by atoms with van der Waals surface area (Å²) in [4.78, 5) is 9.26. The monoisotopic (exact) mass is 304 g/mol. The number of benzene rings is 1. The molecular formula is C12H17FN2O4S. The fourth-order valence-electron chi connectivity index (χ4n) is 1.69. The minimum atomic E-state index is -3.85. The molecule has 112 valence electrons. The van der Waals surface area contributed by atoms with E-state index in [0.29, 0.717) is 6.07 Å². The zero-order valence-corrected chi connectivity index (χ0v) is 12.1. The largest absolute Gasteiger partial charge is 0.304 e. The molecule has 0 aliphatic rings. The molecule has 1 N–H and O–H groups in total. The van der Waals surface area contributed by atoms with Gasteiger partial charge in [-0.05, 0) is 12.0 Å². The molecule has 0 radical (unpaired) electrons. The first-order valence-corrected chi connectivity index (χ1v) is 7.73. The number of nitrogens with one attached hydrogen (secondary N) is 1. The Labute approximate surface area is 117 Å². The topological polar surface area (TPSA) is 89.3 Å². The van der Waals surface area contributed by atoms with Gasteiger partial charge in [0.2, 0.25) is 15.8 Å². The molecule has 1 rings (SSSR count). The first-order valence-electron chi connectivity index (χ1n) is 6.25. The van der Waals surface area contributed by atoms with Gasteiger partial charge in [0.05, 0.1) is 9.82 Å². The van der Waals surface area contributed by atoms with Crippen molar-refractivity contribution in [2.45, 2.75) is 31.6 Å². The van der Waals surface area contributed by atoms with Gasteiger partial charge >= 0.3 is 5.69 Å². The molecule has 0 heterocycles. The van der Waals surface area contributed by atoms with Gasteiger partial charge in [0.25, 0.3) is 0 Å². The second-order valence-electron chi connectivity index (χ2n) is 4.40. The van der Waals surface area contributed by atoms with Gasteiger partial charge in [0.15, 0.2) is 0 Å². The molecule has 1 aromatic rings. The Hall–Kier alpha value is -1.54. The maximum absolute atomic E-state index is 13.4. The van der Waals surface area contributed by atoms with E-state index in [9.17, 15) is 22.9 Å². The number of hydrogen-bond donors (Lipinski definition) is 1. The average Bonchev–Trinajstić information content (AvgIpc) is 2.39. The molecule has 0 spiro atoms. The van der Waals surface area contributed by atoms with Crippen LogP contribution in [-0.4, -0.2) is 19.9 Å². The molecule has 0 aromatic heterocycles. The molecule has 0 aliphatic carbocycles. The number of hydrogen-bond acceptors (Lipinski definition) is 4. The lowest BCUT2D eigenvalue weighted by molar-refractivity contribution is -0.387. The minimum absolute atomic E-state index is 0.202. The smallest absolute Gasteiger partial charge is 0.258 e. The van der Waals surface area contributed by atoms with Crippen LogP contribution < -0.4 is 4.72 Å². The van der Waals surface area contributed by atoms with Gasteiger partial charge in [-0.15, -0.1) is 0 Å². The molecule has 0 bridgehead atoms. The maximum atomic E-state index is 13.4. The Morgan fingerprint density at radius 2 is 1.95 bits per heavy atom. The molecule has 0 unspecified atom stereocenters. The van der Waals surface area contributed by atoms with Crippen molar-refractivity contribution in [1.29, 1.82) is 0 Å². The van der Waals surface area contributed by atoms with Crippen LogP contribution in [0, 0.1) is 21.8 Å². The third-order valence-electron chi connectivity index (χ3n) is 3.14. The van der Waals surface area contributed by atoms with E-state index in [1.54, 1.807) is 0 Å². The van der Waals surface area contributed by atoms with E-state index < -0.39 is 26.5 Å². The molecule has 0 aliphatic heterocycles. The number of nitro benzene ring substituents is 1. The fourth-order valence-corrected chi connectivity index (χ4v) is 2.82. The molecule has 0 fully saturated rings. The zero-order chi connectivity index (χ0) is 15.3. The minimum Gasteiger partial charge on any atom is -0.258 e. The van der Waals surface area contributed by atoms with E-state index in [-0.39, 0.29) is 17.4 Å². The second-order valence-corrected chi connectivity index (χ2v) is 6.17. The van der Waals surface area contributed by atoms with Gasteiger partial charge in [0.1, 0.15) is 0 Å². The summed E-state index contributed by atoms with van der Waals surface area (Å²) in [5.41, 5.74) is -0.746. The molecule has 0 saturated carbocycles. The van der Waals surface area contributed by atoms with Crippen molar-refractivity contribution < 1.29 is 17.7 Å². The molecular weight excluding hydrogens is 287 g/mol. The van der Waals surface area contributed by atoms with E-state index in [2.05, 4.69) is 4.72 Å². The lowest BCUT2D eigenvalue weighted by Crippen LogP contribution is -2.29. The van der Waals surface area contributed by atoms with E-state index >= 15 is 0 Å². The summed E-state index contributed by atoms with van der Waals surface area (Å²) in [5.74, 6) is -0.965. The Morgan fingerprint density at radius 1 is 1.35 bits per heavy atom. The number of rotatable bonds is 7. The van der Waals surface area contributed by atoms with Crippen LogP contribution in [0.15, 0.2) is 23.1 Å². The number of nitro groups is 1. The number of nitrogens with zero attached hydrogens (tertiary/aromatic N) is 1. The highest BCUT2D eigenvalue weighted by atomic mass is 32.2. The first-order chi connectivity index (χ1) is 9.31. The van der Waals surface area contributed by atoms with Crippen LogP contribution in [0.5, 0.6) is 0 Å². The molecule has 8 heteroatoms. The normalized spacial score (nSPS) is 11.8. The molecule has 0 atom stereocenters. The predicted molar refractivity (Wildman–Crippen MR) is 72.3 cm³/mol. The quantitative estimate of drug-likeness (QED) is 0.619. The summed E-state index contributed by atoms with van der Waals surface area (Å²) < 4.78 is 39.7. The summed E-state index contributed by atoms with van der Waals surface area (Å²) in [6, 6.07) is 2.53.